The second-order valence-electron chi connectivity index (χ2n) is 6.83. The number of nitrogens with zero attached hydrogens (tertiary/aromatic N) is 2. The van der Waals surface area contributed by atoms with Crippen molar-refractivity contribution in [1.82, 2.24) is 15.3 Å². The maximum Gasteiger partial charge on any atom is 0.270 e. The molecule has 144 valence electrons. The fourth-order valence-electron chi connectivity index (χ4n) is 2.55. The van der Waals surface area contributed by atoms with Crippen molar-refractivity contribution in [3.05, 3.63) is 72.2 Å². The quantitative estimate of drug-likeness (QED) is 0.625. The van der Waals surface area contributed by atoms with Gasteiger partial charge in [-0.05, 0) is 37.1 Å². The molecule has 0 spiro atoms. The number of anilines is 2. The van der Waals surface area contributed by atoms with Crippen molar-refractivity contribution >= 4 is 17.4 Å². The van der Waals surface area contributed by atoms with Crippen LogP contribution in [0.4, 0.5) is 11.5 Å². The van der Waals surface area contributed by atoms with Crippen LogP contribution in [0.3, 0.4) is 0 Å². The first-order valence-corrected chi connectivity index (χ1v) is 9.24. The smallest absolute Gasteiger partial charge is 0.270 e. The van der Waals surface area contributed by atoms with Crippen LogP contribution in [-0.4, -0.2) is 22.4 Å². The monoisotopic (exact) mass is 376 g/mol. The molecule has 2 N–H and O–H groups in total. The predicted octanol–water partition coefficient (Wildman–Crippen LogP) is 4.71. The van der Waals surface area contributed by atoms with E-state index in [4.69, 9.17) is 4.74 Å². The fraction of sp³-hybridized carbons (Fsp3) is 0.227. The number of hydrogen-bond donors (Lipinski definition) is 2. The van der Waals surface area contributed by atoms with E-state index >= 15 is 0 Å². The van der Waals surface area contributed by atoms with Gasteiger partial charge in [-0.1, -0.05) is 44.2 Å². The molecule has 0 fully saturated rings. The highest BCUT2D eigenvalue weighted by atomic mass is 16.5. The minimum absolute atomic E-state index is 0.212. The number of amides is 1. The SMILES string of the molecule is Cc1nc(Nc2ccccc2Oc2ccccc2)cc(C(=O)NCC(C)C)n1. The number of aromatic nitrogens is 2. The van der Waals surface area contributed by atoms with E-state index in [9.17, 15) is 4.79 Å². The van der Waals surface area contributed by atoms with E-state index in [1.165, 1.54) is 0 Å². The van der Waals surface area contributed by atoms with Crippen LogP contribution in [0.5, 0.6) is 11.5 Å². The van der Waals surface area contributed by atoms with Crippen LogP contribution < -0.4 is 15.4 Å². The molecule has 0 unspecified atom stereocenters. The molecule has 0 radical (unpaired) electrons. The Bertz CT molecular complexity index is 942. The normalized spacial score (nSPS) is 10.6. The van der Waals surface area contributed by atoms with E-state index in [2.05, 4.69) is 20.6 Å². The van der Waals surface area contributed by atoms with Crippen molar-refractivity contribution in [2.75, 3.05) is 11.9 Å². The summed E-state index contributed by atoms with van der Waals surface area (Å²) < 4.78 is 5.97. The topological polar surface area (TPSA) is 76.1 Å². The van der Waals surface area contributed by atoms with Crippen molar-refractivity contribution in [1.29, 1.82) is 0 Å². The van der Waals surface area contributed by atoms with Crippen molar-refractivity contribution in [3.63, 3.8) is 0 Å². The predicted molar refractivity (Wildman–Crippen MR) is 110 cm³/mol. The number of carbonyl (C=O) groups excluding carboxylic acids is 1. The molecule has 0 aliphatic rings. The molecule has 0 atom stereocenters. The van der Waals surface area contributed by atoms with Crippen LogP contribution in [0.15, 0.2) is 60.7 Å². The number of benzene rings is 2. The third-order valence-electron chi connectivity index (χ3n) is 3.86. The number of carbonyl (C=O) groups is 1. The molecule has 2 aromatic carbocycles. The Hall–Kier alpha value is -3.41. The molecule has 0 aliphatic heterocycles. The molecular weight excluding hydrogens is 352 g/mol. The Morgan fingerprint density at radius 2 is 1.75 bits per heavy atom. The average molecular weight is 376 g/mol. The second kappa shape index (κ2) is 8.99. The van der Waals surface area contributed by atoms with E-state index in [1.54, 1.807) is 13.0 Å². The first kappa shape index (κ1) is 19.4. The van der Waals surface area contributed by atoms with E-state index in [-0.39, 0.29) is 5.91 Å². The van der Waals surface area contributed by atoms with Gasteiger partial charge in [-0.2, -0.15) is 0 Å². The molecule has 6 heteroatoms. The molecule has 0 aliphatic carbocycles. The zero-order chi connectivity index (χ0) is 19.9. The van der Waals surface area contributed by atoms with E-state index in [1.807, 2.05) is 68.4 Å². The summed E-state index contributed by atoms with van der Waals surface area (Å²) in [7, 11) is 0. The third kappa shape index (κ3) is 5.30. The Balaban J connectivity index is 1.81. The highest BCUT2D eigenvalue weighted by molar-refractivity contribution is 5.93. The van der Waals surface area contributed by atoms with Crippen molar-refractivity contribution < 1.29 is 9.53 Å². The molecule has 6 nitrogen and oxygen atoms in total. The van der Waals surface area contributed by atoms with Gasteiger partial charge in [-0.3, -0.25) is 4.79 Å². The van der Waals surface area contributed by atoms with Crippen molar-refractivity contribution in [3.8, 4) is 11.5 Å². The zero-order valence-corrected chi connectivity index (χ0v) is 16.3. The van der Waals surface area contributed by atoms with Crippen LogP contribution in [0.2, 0.25) is 0 Å². The molecule has 3 rings (SSSR count). The van der Waals surface area contributed by atoms with Gasteiger partial charge in [-0.25, -0.2) is 9.97 Å². The van der Waals surface area contributed by atoms with E-state index in [0.29, 0.717) is 35.5 Å². The van der Waals surface area contributed by atoms with Gasteiger partial charge in [0.1, 0.15) is 23.1 Å². The van der Waals surface area contributed by atoms with Gasteiger partial charge in [0.25, 0.3) is 5.91 Å². The number of para-hydroxylation sites is 3. The number of hydrogen-bond acceptors (Lipinski definition) is 5. The van der Waals surface area contributed by atoms with E-state index < -0.39 is 0 Å². The minimum atomic E-state index is -0.212. The molecule has 0 saturated heterocycles. The van der Waals surface area contributed by atoms with Gasteiger partial charge < -0.3 is 15.4 Å². The number of nitrogens with one attached hydrogen (secondary N) is 2. The summed E-state index contributed by atoms with van der Waals surface area (Å²) in [6, 6.07) is 18.8. The largest absolute Gasteiger partial charge is 0.455 e. The van der Waals surface area contributed by atoms with Gasteiger partial charge in [0.15, 0.2) is 5.75 Å². The van der Waals surface area contributed by atoms with Crippen LogP contribution in [0.25, 0.3) is 0 Å². The van der Waals surface area contributed by atoms with Crippen LogP contribution in [0.1, 0.15) is 30.2 Å². The van der Waals surface area contributed by atoms with Crippen LogP contribution in [0, 0.1) is 12.8 Å². The van der Waals surface area contributed by atoms with Gasteiger partial charge >= 0.3 is 0 Å². The molecule has 1 heterocycles. The minimum Gasteiger partial charge on any atom is -0.455 e. The number of rotatable bonds is 7. The molecule has 28 heavy (non-hydrogen) atoms. The molecular formula is C22H24N4O2. The molecule has 1 amide bonds. The molecule has 1 aromatic heterocycles. The summed E-state index contributed by atoms with van der Waals surface area (Å²) in [5.74, 6) is 2.61. The van der Waals surface area contributed by atoms with Crippen molar-refractivity contribution in [2.24, 2.45) is 5.92 Å². The maximum absolute atomic E-state index is 12.4. The molecule has 0 bridgehead atoms. The summed E-state index contributed by atoms with van der Waals surface area (Å²) in [5.41, 5.74) is 1.08. The first-order chi connectivity index (χ1) is 13.5. The summed E-state index contributed by atoms with van der Waals surface area (Å²) in [6.45, 7) is 6.44. The number of aryl methyl sites for hydroxylation is 1. The Labute approximate surface area is 165 Å². The molecule has 0 saturated carbocycles. The third-order valence-corrected chi connectivity index (χ3v) is 3.86. The lowest BCUT2D eigenvalue weighted by Crippen LogP contribution is -2.28. The lowest BCUT2D eigenvalue weighted by molar-refractivity contribution is 0.0943. The fourth-order valence-corrected chi connectivity index (χ4v) is 2.55. The summed E-state index contributed by atoms with van der Waals surface area (Å²) >= 11 is 0. The van der Waals surface area contributed by atoms with Gasteiger partial charge in [0.2, 0.25) is 0 Å². The number of ether oxygens (including phenoxy) is 1. The Kier molecular flexibility index (Phi) is 6.22. The standard InChI is InChI=1S/C22H24N4O2/c1-15(2)14-23-22(27)19-13-21(25-16(3)24-19)26-18-11-7-8-12-20(18)28-17-9-5-4-6-10-17/h4-13,15H,14H2,1-3H3,(H,23,27)(H,24,25,26). The Morgan fingerprint density at radius 3 is 2.50 bits per heavy atom. The van der Waals surface area contributed by atoms with Gasteiger partial charge in [0, 0.05) is 12.6 Å². The zero-order valence-electron chi connectivity index (χ0n) is 16.3. The molecule has 3 aromatic rings. The maximum atomic E-state index is 12.4. The summed E-state index contributed by atoms with van der Waals surface area (Å²) in [4.78, 5) is 21.0. The lowest BCUT2D eigenvalue weighted by atomic mass is 10.2. The summed E-state index contributed by atoms with van der Waals surface area (Å²) in [5, 5.41) is 6.12. The summed E-state index contributed by atoms with van der Waals surface area (Å²) in [6.07, 6.45) is 0. The first-order valence-electron chi connectivity index (χ1n) is 9.24. The van der Waals surface area contributed by atoms with Crippen LogP contribution >= 0.6 is 0 Å². The van der Waals surface area contributed by atoms with Crippen LogP contribution in [-0.2, 0) is 0 Å². The average Bonchev–Trinajstić information content (AvgIpc) is 2.68. The van der Waals surface area contributed by atoms with Gasteiger partial charge in [-0.15, -0.1) is 0 Å². The Morgan fingerprint density at radius 1 is 1.04 bits per heavy atom. The second-order valence-corrected chi connectivity index (χ2v) is 6.83. The van der Waals surface area contributed by atoms with E-state index in [0.717, 1.165) is 11.4 Å². The highest BCUT2D eigenvalue weighted by Crippen LogP contribution is 2.31. The lowest BCUT2D eigenvalue weighted by Gasteiger charge is -2.13. The highest BCUT2D eigenvalue weighted by Gasteiger charge is 2.12. The van der Waals surface area contributed by atoms with Crippen molar-refractivity contribution in [2.45, 2.75) is 20.8 Å². The van der Waals surface area contributed by atoms with Gasteiger partial charge in [0.05, 0.1) is 5.69 Å².